The van der Waals surface area contributed by atoms with Crippen molar-refractivity contribution in [3.63, 3.8) is 0 Å². The largest absolute Gasteiger partial charge is 0.348 e. The van der Waals surface area contributed by atoms with Crippen LogP contribution in [0.15, 0.2) is 90.0 Å². The van der Waals surface area contributed by atoms with E-state index in [0.29, 0.717) is 28.8 Å². The summed E-state index contributed by atoms with van der Waals surface area (Å²) in [5.41, 5.74) is 3.95. The number of rotatable bonds is 5. The number of amides is 1. The number of aromatic nitrogens is 3. The second-order valence-corrected chi connectivity index (χ2v) is 7.51. The van der Waals surface area contributed by atoms with E-state index in [1.165, 1.54) is 12.1 Å². The Balaban J connectivity index is 1.38. The lowest BCUT2D eigenvalue weighted by atomic mass is 10.1. The van der Waals surface area contributed by atoms with Crippen molar-refractivity contribution in [2.24, 2.45) is 0 Å². The number of halogens is 1. The van der Waals surface area contributed by atoms with Gasteiger partial charge in [-0.25, -0.2) is 9.37 Å². The Labute approximate surface area is 182 Å². The fraction of sp³-hybridized carbons (Fsp3) is 0.0800. The Bertz CT molecular complexity index is 1500. The van der Waals surface area contributed by atoms with Crippen LogP contribution in [0.2, 0.25) is 0 Å². The van der Waals surface area contributed by atoms with Gasteiger partial charge in [-0.15, -0.1) is 0 Å². The first-order valence-electron chi connectivity index (χ1n) is 10.2. The van der Waals surface area contributed by atoms with E-state index in [9.17, 15) is 14.0 Å². The normalized spacial score (nSPS) is 11.2. The van der Waals surface area contributed by atoms with E-state index in [0.717, 1.165) is 11.1 Å². The molecule has 2 aromatic carbocycles. The molecule has 0 bridgehead atoms. The van der Waals surface area contributed by atoms with Gasteiger partial charge in [-0.3, -0.25) is 14.2 Å². The third-order valence-corrected chi connectivity index (χ3v) is 5.39. The minimum atomic E-state index is -0.336. The Kier molecular flexibility index (Phi) is 4.99. The number of hydrogen-bond acceptors (Lipinski definition) is 3. The minimum absolute atomic E-state index is 0.127. The molecule has 3 aromatic heterocycles. The van der Waals surface area contributed by atoms with Gasteiger partial charge in [-0.05, 0) is 59.7 Å². The van der Waals surface area contributed by atoms with Gasteiger partial charge in [0.15, 0.2) is 5.65 Å². The van der Waals surface area contributed by atoms with E-state index in [1.54, 1.807) is 41.1 Å². The average Bonchev–Trinajstić information content (AvgIpc) is 3.31. The summed E-state index contributed by atoms with van der Waals surface area (Å²) in [5, 5.41) is 2.79. The summed E-state index contributed by atoms with van der Waals surface area (Å²) in [7, 11) is 0. The van der Waals surface area contributed by atoms with Crippen LogP contribution in [0.3, 0.4) is 0 Å². The monoisotopic (exact) mass is 426 g/mol. The summed E-state index contributed by atoms with van der Waals surface area (Å²) < 4.78 is 16.8. The van der Waals surface area contributed by atoms with Crippen molar-refractivity contribution in [3.05, 3.63) is 118 Å². The molecule has 0 aliphatic carbocycles. The molecule has 0 fully saturated rings. The molecule has 1 amide bonds. The molecule has 7 heteroatoms. The zero-order chi connectivity index (χ0) is 22.1. The smallest absolute Gasteiger partial charge is 0.276 e. The summed E-state index contributed by atoms with van der Waals surface area (Å²) in [5.74, 6) is -0.587. The molecule has 32 heavy (non-hydrogen) atoms. The Morgan fingerprint density at radius 3 is 2.56 bits per heavy atom. The van der Waals surface area contributed by atoms with Crippen molar-refractivity contribution >= 4 is 22.6 Å². The average molecular weight is 426 g/mol. The summed E-state index contributed by atoms with van der Waals surface area (Å²) in [6.07, 6.45) is 3.52. The summed E-state index contributed by atoms with van der Waals surface area (Å²) in [6, 6.07) is 20.6. The third-order valence-electron chi connectivity index (χ3n) is 5.39. The highest BCUT2D eigenvalue weighted by atomic mass is 19.1. The summed E-state index contributed by atoms with van der Waals surface area (Å²) >= 11 is 0. The number of hydrogen-bond donors (Lipinski definition) is 1. The van der Waals surface area contributed by atoms with Crippen molar-refractivity contribution in [1.82, 2.24) is 19.3 Å². The first kappa shape index (κ1) is 19.7. The van der Waals surface area contributed by atoms with Crippen LogP contribution in [0, 0.1) is 5.82 Å². The summed E-state index contributed by atoms with van der Waals surface area (Å²) in [4.78, 5) is 29.9. The molecule has 0 saturated carbocycles. The predicted molar refractivity (Wildman–Crippen MR) is 120 cm³/mol. The Morgan fingerprint density at radius 2 is 1.75 bits per heavy atom. The molecular weight excluding hydrogens is 407 g/mol. The van der Waals surface area contributed by atoms with Crippen LogP contribution in [-0.2, 0) is 13.1 Å². The van der Waals surface area contributed by atoms with Gasteiger partial charge in [0.1, 0.15) is 11.3 Å². The van der Waals surface area contributed by atoms with Gasteiger partial charge in [0.05, 0.1) is 12.1 Å². The van der Waals surface area contributed by atoms with Crippen molar-refractivity contribution in [3.8, 4) is 0 Å². The van der Waals surface area contributed by atoms with Crippen LogP contribution in [0.25, 0.3) is 16.7 Å². The number of carbonyl (C=O) groups is 1. The molecule has 1 N–H and O–H groups in total. The van der Waals surface area contributed by atoms with Crippen LogP contribution >= 0.6 is 0 Å². The topological polar surface area (TPSA) is 68.4 Å². The first-order chi connectivity index (χ1) is 15.6. The lowest BCUT2D eigenvalue weighted by Gasteiger charge is -2.12. The molecule has 3 heterocycles. The molecular formula is C25H19FN4O2. The quantitative estimate of drug-likeness (QED) is 0.465. The lowest BCUT2D eigenvalue weighted by Crippen LogP contribution is -2.24. The van der Waals surface area contributed by atoms with E-state index < -0.39 is 0 Å². The SMILES string of the molecule is O=C(NCc1cccc(F)c1)c1ccc(Cn2c(=O)c3cccn3c3cccnc32)cc1. The van der Waals surface area contributed by atoms with Crippen LogP contribution in [0.5, 0.6) is 0 Å². The molecule has 0 radical (unpaired) electrons. The van der Waals surface area contributed by atoms with Gasteiger partial charge in [0.2, 0.25) is 0 Å². The van der Waals surface area contributed by atoms with Gasteiger partial charge in [0.25, 0.3) is 11.5 Å². The maximum absolute atomic E-state index is 13.3. The third kappa shape index (κ3) is 3.65. The van der Waals surface area contributed by atoms with Gasteiger partial charge in [-0.2, -0.15) is 0 Å². The van der Waals surface area contributed by atoms with Gasteiger partial charge < -0.3 is 9.72 Å². The molecule has 0 aliphatic rings. The van der Waals surface area contributed by atoms with Crippen molar-refractivity contribution in [2.45, 2.75) is 13.1 Å². The number of benzene rings is 2. The van der Waals surface area contributed by atoms with Crippen molar-refractivity contribution in [1.29, 1.82) is 0 Å². The number of pyridine rings is 1. The number of carbonyl (C=O) groups excluding carboxylic acids is 1. The van der Waals surface area contributed by atoms with Crippen molar-refractivity contribution < 1.29 is 9.18 Å². The molecule has 5 rings (SSSR count). The van der Waals surface area contributed by atoms with E-state index in [2.05, 4.69) is 10.3 Å². The molecule has 0 spiro atoms. The highest BCUT2D eigenvalue weighted by Gasteiger charge is 2.12. The molecule has 158 valence electrons. The van der Waals surface area contributed by atoms with E-state index in [1.807, 2.05) is 40.9 Å². The van der Waals surface area contributed by atoms with E-state index in [-0.39, 0.29) is 23.8 Å². The Morgan fingerprint density at radius 1 is 0.938 bits per heavy atom. The second kappa shape index (κ2) is 8.11. The number of fused-ring (bicyclic) bond motifs is 3. The van der Waals surface area contributed by atoms with Gasteiger partial charge >= 0.3 is 0 Å². The van der Waals surface area contributed by atoms with Gasteiger partial charge in [-0.1, -0.05) is 24.3 Å². The first-order valence-corrected chi connectivity index (χ1v) is 10.2. The highest BCUT2D eigenvalue weighted by Crippen LogP contribution is 2.15. The lowest BCUT2D eigenvalue weighted by molar-refractivity contribution is 0.0951. The standard InChI is InChI=1S/C25H19FN4O2/c26-20-5-1-4-18(14-20)15-28-24(31)19-10-8-17(9-11-19)16-30-23-21(6-2-12-27-23)29-13-3-7-22(29)25(30)32/h1-14H,15-16H2,(H,28,31). The Hall–Kier alpha value is -4.26. The highest BCUT2D eigenvalue weighted by molar-refractivity contribution is 5.94. The predicted octanol–water partition coefficient (Wildman–Crippen LogP) is 3.77. The second-order valence-electron chi connectivity index (χ2n) is 7.51. The molecule has 0 unspecified atom stereocenters. The number of nitrogens with one attached hydrogen (secondary N) is 1. The zero-order valence-corrected chi connectivity index (χ0v) is 17.0. The minimum Gasteiger partial charge on any atom is -0.348 e. The zero-order valence-electron chi connectivity index (χ0n) is 17.0. The maximum atomic E-state index is 13.3. The molecule has 0 saturated heterocycles. The van der Waals surface area contributed by atoms with Crippen LogP contribution in [-0.4, -0.2) is 19.9 Å². The maximum Gasteiger partial charge on any atom is 0.276 e. The fourth-order valence-electron chi connectivity index (χ4n) is 3.81. The van der Waals surface area contributed by atoms with Crippen LogP contribution in [0.4, 0.5) is 4.39 Å². The fourth-order valence-corrected chi connectivity index (χ4v) is 3.81. The van der Waals surface area contributed by atoms with Crippen LogP contribution in [0.1, 0.15) is 21.5 Å². The van der Waals surface area contributed by atoms with Gasteiger partial charge in [0, 0.05) is 24.5 Å². The molecule has 5 aromatic rings. The molecule has 0 atom stereocenters. The molecule has 0 aliphatic heterocycles. The van der Waals surface area contributed by atoms with E-state index >= 15 is 0 Å². The summed E-state index contributed by atoms with van der Waals surface area (Å²) in [6.45, 7) is 0.571. The molecule has 6 nitrogen and oxygen atoms in total. The van der Waals surface area contributed by atoms with Crippen molar-refractivity contribution in [2.75, 3.05) is 0 Å². The number of nitrogens with zero attached hydrogens (tertiary/aromatic N) is 3. The van der Waals surface area contributed by atoms with Crippen LogP contribution < -0.4 is 10.9 Å². The van der Waals surface area contributed by atoms with E-state index in [4.69, 9.17) is 0 Å².